The van der Waals surface area contributed by atoms with Gasteiger partial charge < -0.3 is 21.5 Å². The van der Waals surface area contributed by atoms with Gasteiger partial charge in [0.25, 0.3) is 5.91 Å². The van der Waals surface area contributed by atoms with Crippen LogP contribution in [0, 0.1) is 6.92 Å². The van der Waals surface area contributed by atoms with Crippen LogP contribution in [0.2, 0.25) is 0 Å². The van der Waals surface area contributed by atoms with Crippen molar-refractivity contribution in [2.24, 2.45) is 5.73 Å². The van der Waals surface area contributed by atoms with Gasteiger partial charge in [-0.1, -0.05) is 0 Å². The first-order chi connectivity index (χ1) is 7.99. The zero-order valence-corrected chi connectivity index (χ0v) is 9.27. The second-order valence-electron chi connectivity index (χ2n) is 3.18. The van der Waals surface area contributed by atoms with Gasteiger partial charge in [0.15, 0.2) is 0 Å². The minimum absolute atomic E-state index is 0.000616. The van der Waals surface area contributed by atoms with Crippen LogP contribution in [0.1, 0.15) is 16.2 Å². The Morgan fingerprint density at radius 1 is 1.47 bits per heavy atom. The van der Waals surface area contributed by atoms with Crippen LogP contribution < -0.4 is 16.8 Å². The van der Waals surface area contributed by atoms with E-state index in [2.05, 4.69) is 20.0 Å². The van der Waals surface area contributed by atoms with Gasteiger partial charge in [-0.25, -0.2) is 14.8 Å². The molecule has 1 aromatic rings. The van der Waals surface area contributed by atoms with E-state index < -0.39 is 12.0 Å². The molecule has 0 radical (unpaired) electrons. The number of aryl methyl sites for hydroxylation is 1. The number of aromatic nitrogens is 2. The molecule has 0 fully saturated rings. The Balaban J connectivity index is 2.49. The average Bonchev–Trinajstić information content (AvgIpc) is 2.22. The molecule has 0 saturated carbocycles. The molecular weight excluding hydrogens is 226 g/mol. The molecule has 92 valence electrons. The number of carbonyl (C=O) groups excluding carboxylic acids is 2. The van der Waals surface area contributed by atoms with E-state index in [1.54, 1.807) is 6.92 Å². The largest absolute Gasteiger partial charge is 0.448 e. The number of nitrogen functional groups attached to an aromatic ring is 1. The molecule has 5 N–H and O–H groups in total. The molecule has 0 saturated heterocycles. The van der Waals surface area contributed by atoms with E-state index in [0.29, 0.717) is 5.69 Å². The van der Waals surface area contributed by atoms with Crippen LogP contribution >= 0.6 is 0 Å². The molecule has 1 rings (SSSR count). The number of hydrogen-bond donors (Lipinski definition) is 3. The summed E-state index contributed by atoms with van der Waals surface area (Å²) in [5.41, 5.74) is 10.9. The molecule has 0 aromatic carbocycles. The Morgan fingerprint density at radius 2 is 2.18 bits per heavy atom. The number of hydrogen-bond acceptors (Lipinski definition) is 6. The zero-order valence-electron chi connectivity index (χ0n) is 9.27. The highest BCUT2D eigenvalue weighted by atomic mass is 16.5. The van der Waals surface area contributed by atoms with Gasteiger partial charge in [0.05, 0.1) is 6.54 Å². The van der Waals surface area contributed by atoms with Crippen LogP contribution in [0.5, 0.6) is 0 Å². The van der Waals surface area contributed by atoms with Gasteiger partial charge >= 0.3 is 6.09 Å². The second kappa shape index (κ2) is 5.64. The molecule has 8 nitrogen and oxygen atoms in total. The molecule has 0 aliphatic heterocycles. The number of rotatable bonds is 4. The molecule has 0 aliphatic carbocycles. The smallest absolute Gasteiger partial charge is 0.404 e. The first-order valence-electron chi connectivity index (χ1n) is 4.80. The topological polar surface area (TPSA) is 133 Å². The number of ether oxygens (including phenoxy) is 1. The summed E-state index contributed by atoms with van der Waals surface area (Å²) in [7, 11) is 0. The summed E-state index contributed by atoms with van der Waals surface area (Å²) in [6.07, 6.45) is -0.888. The van der Waals surface area contributed by atoms with Crippen molar-refractivity contribution >= 4 is 17.9 Å². The van der Waals surface area contributed by atoms with E-state index >= 15 is 0 Å². The van der Waals surface area contributed by atoms with Crippen molar-refractivity contribution in [2.45, 2.75) is 6.92 Å². The van der Waals surface area contributed by atoms with E-state index in [0.717, 1.165) is 0 Å². The predicted octanol–water partition coefficient (Wildman–Crippen LogP) is -0.808. The minimum atomic E-state index is -0.888. The zero-order chi connectivity index (χ0) is 12.8. The van der Waals surface area contributed by atoms with Gasteiger partial charge in [-0.15, -0.1) is 0 Å². The second-order valence-corrected chi connectivity index (χ2v) is 3.18. The third-order valence-electron chi connectivity index (χ3n) is 1.74. The number of primary amides is 1. The van der Waals surface area contributed by atoms with Crippen LogP contribution in [0.3, 0.4) is 0 Å². The van der Waals surface area contributed by atoms with E-state index in [-0.39, 0.29) is 24.8 Å². The van der Waals surface area contributed by atoms with Crippen molar-refractivity contribution < 1.29 is 14.3 Å². The van der Waals surface area contributed by atoms with Crippen molar-refractivity contribution in [3.63, 3.8) is 0 Å². The van der Waals surface area contributed by atoms with Crippen LogP contribution in [0.15, 0.2) is 6.07 Å². The molecule has 0 aliphatic rings. The highest BCUT2D eigenvalue weighted by Gasteiger charge is 2.08. The number of nitrogens with two attached hydrogens (primary N) is 2. The van der Waals surface area contributed by atoms with Crippen LogP contribution in [0.25, 0.3) is 0 Å². The van der Waals surface area contributed by atoms with Gasteiger partial charge in [0.1, 0.15) is 12.3 Å². The lowest BCUT2D eigenvalue weighted by atomic mass is 10.3. The fraction of sp³-hybridized carbons (Fsp3) is 0.333. The van der Waals surface area contributed by atoms with E-state index in [1.807, 2.05) is 0 Å². The van der Waals surface area contributed by atoms with Crippen molar-refractivity contribution in [1.82, 2.24) is 15.3 Å². The van der Waals surface area contributed by atoms with Crippen LogP contribution in [0.4, 0.5) is 10.7 Å². The van der Waals surface area contributed by atoms with Crippen LogP contribution in [-0.2, 0) is 4.74 Å². The SMILES string of the molecule is Cc1cc(C(=O)NCCOC(N)=O)nc(N)n1. The molecule has 2 amide bonds. The maximum atomic E-state index is 11.6. The predicted molar refractivity (Wildman–Crippen MR) is 59.1 cm³/mol. The van der Waals surface area contributed by atoms with Gasteiger partial charge in [-0.2, -0.15) is 0 Å². The molecule has 8 heteroatoms. The number of anilines is 1. The Kier molecular flexibility index (Phi) is 4.21. The number of amides is 2. The molecule has 1 aromatic heterocycles. The first-order valence-corrected chi connectivity index (χ1v) is 4.80. The molecule has 0 atom stereocenters. The monoisotopic (exact) mass is 239 g/mol. The van der Waals surface area contributed by atoms with Gasteiger partial charge in [-0.05, 0) is 13.0 Å². The molecule has 0 spiro atoms. The van der Waals surface area contributed by atoms with E-state index in [4.69, 9.17) is 11.5 Å². The fourth-order valence-electron chi connectivity index (χ4n) is 1.11. The van der Waals surface area contributed by atoms with Gasteiger partial charge in [0, 0.05) is 5.69 Å². The molecule has 0 unspecified atom stereocenters. The van der Waals surface area contributed by atoms with E-state index in [1.165, 1.54) is 6.07 Å². The highest BCUT2D eigenvalue weighted by molar-refractivity contribution is 5.92. The summed E-state index contributed by atoms with van der Waals surface area (Å²) in [5.74, 6) is -0.390. The maximum absolute atomic E-state index is 11.6. The Labute approximate surface area is 97.4 Å². The Morgan fingerprint density at radius 3 is 2.76 bits per heavy atom. The summed E-state index contributed by atoms with van der Waals surface area (Å²) < 4.78 is 4.44. The molecule has 1 heterocycles. The summed E-state index contributed by atoms with van der Waals surface area (Å²) in [5, 5.41) is 2.49. The Bertz CT molecular complexity index is 414. The summed E-state index contributed by atoms with van der Waals surface area (Å²) in [6.45, 7) is 1.84. The third-order valence-corrected chi connectivity index (χ3v) is 1.74. The van der Waals surface area contributed by atoms with Crippen molar-refractivity contribution in [3.05, 3.63) is 17.5 Å². The Hall–Kier alpha value is -2.38. The van der Waals surface area contributed by atoms with Crippen molar-refractivity contribution in [2.75, 3.05) is 18.9 Å². The number of nitrogens with one attached hydrogen (secondary N) is 1. The highest BCUT2D eigenvalue weighted by Crippen LogP contribution is 2.01. The lowest BCUT2D eigenvalue weighted by Crippen LogP contribution is -2.29. The molecule has 17 heavy (non-hydrogen) atoms. The van der Waals surface area contributed by atoms with Crippen molar-refractivity contribution in [3.8, 4) is 0 Å². The lowest BCUT2D eigenvalue weighted by molar-refractivity contribution is 0.0932. The molecular formula is C9H13N5O3. The number of carbonyl (C=O) groups is 2. The van der Waals surface area contributed by atoms with Crippen molar-refractivity contribution in [1.29, 1.82) is 0 Å². The number of nitrogens with zero attached hydrogens (tertiary/aromatic N) is 2. The maximum Gasteiger partial charge on any atom is 0.404 e. The fourth-order valence-corrected chi connectivity index (χ4v) is 1.11. The summed E-state index contributed by atoms with van der Waals surface area (Å²) in [4.78, 5) is 29.4. The quantitative estimate of drug-likeness (QED) is 0.588. The summed E-state index contributed by atoms with van der Waals surface area (Å²) in [6, 6.07) is 1.50. The van der Waals surface area contributed by atoms with E-state index in [9.17, 15) is 9.59 Å². The lowest BCUT2D eigenvalue weighted by Gasteiger charge is -2.05. The molecule has 0 bridgehead atoms. The third kappa shape index (κ3) is 4.33. The summed E-state index contributed by atoms with van der Waals surface area (Å²) >= 11 is 0. The van der Waals surface area contributed by atoms with Crippen LogP contribution in [-0.4, -0.2) is 35.1 Å². The standard InChI is InChI=1S/C9H13N5O3/c1-5-4-6(14-8(10)13-5)7(15)12-2-3-17-9(11)16/h4H,2-3H2,1H3,(H2,11,16)(H,12,15)(H2,10,13,14). The normalized spacial score (nSPS) is 9.71. The first kappa shape index (κ1) is 12.7. The average molecular weight is 239 g/mol. The minimum Gasteiger partial charge on any atom is -0.448 e. The van der Waals surface area contributed by atoms with Gasteiger partial charge in [-0.3, -0.25) is 4.79 Å². The van der Waals surface area contributed by atoms with Gasteiger partial charge in [0.2, 0.25) is 5.95 Å².